The molecular weight excluding hydrogens is 314 g/mol. The van der Waals surface area contributed by atoms with Gasteiger partial charge in [-0.05, 0) is 50.2 Å². The predicted octanol–water partition coefficient (Wildman–Crippen LogP) is 3.62. The largest absolute Gasteiger partial charge is 0.376 e. The van der Waals surface area contributed by atoms with Crippen LogP contribution < -0.4 is 5.32 Å². The van der Waals surface area contributed by atoms with Crippen LogP contribution in [0.1, 0.15) is 44.1 Å². The number of para-hydroxylation sites is 1. The Balaban J connectivity index is 1.34. The van der Waals surface area contributed by atoms with Crippen LogP contribution in [0.2, 0.25) is 0 Å². The zero-order chi connectivity index (χ0) is 17.2. The summed E-state index contributed by atoms with van der Waals surface area (Å²) in [4.78, 5) is 17.8. The number of aromatic amines is 1. The van der Waals surface area contributed by atoms with Crippen LogP contribution in [0.15, 0.2) is 30.5 Å². The van der Waals surface area contributed by atoms with Crippen molar-refractivity contribution in [2.75, 3.05) is 19.7 Å². The number of benzene rings is 1. The number of carbonyl (C=O) groups excluding carboxylic acids is 1. The number of H-pyrrole nitrogens is 1. The molecule has 25 heavy (non-hydrogen) atoms. The zero-order valence-electron chi connectivity index (χ0n) is 14.8. The summed E-state index contributed by atoms with van der Waals surface area (Å²) in [5, 5.41) is 4.44. The van der Waals surface area contributed by atoms with Crippen molar-refractivity contribution in [3.05, 3.63) is 36.0 Å². The van der Waals surface area contributed by atoms with Crippen LogP contribution in [0.25, 0.3) is 10.9 Å². The van der Waals surface area contributed by atoms with Crippen LogP contribution >= 0.6 is 0 Å². The number of urea groups is 1. The summed E-state index contributed by atoms with van der Waals surface area (Å²) in [6.45, 7) is 4.50. The molecule has 2 saturated heterocycles. The molecule has 2 amide bonds. The van der Waals surface area contributed by atoms with Crippen molar-refractivity contribution >= 4 is 16.9 Å². The number of piperidine rings is 1. The molecule has 1 aromatic heterocycles. The molecule has 2 atom stereocenters. The van der Waals surface area contributed by atoms with Gasteiger partial charge in [0.1, 0.15) is 0 Å². The van der Waals surface area contributed by atoms with E-state index in [9.17, 15) is 4.79 Å². The summed E-state index contributed by atoms with van der Waals surface area (Å²) in [5.41, 5.74) is 2.59. The Morgan fingerprint density at radius 2 is 2.08 bits per heavy atom. The highest BCUT2D eigenvalue weighted by atomic mass is 16.5. The van der Waals surface area contributed by atoms with E-state index in [0.29, 0.717) is 5.92 Å². The molecule has 2 N–H and O–H groups in total. The van der Waals surface area contributed by atoms with Gasteiger partial charge in [0.15, 0.2) is 0 Å². The van der Waals surface area contributed by atoms with Gasteiger partial charge in [-0.2, -0.15) is 0 Å². The lowest BCUT2D eigenvalue weighted by atomic mass is 9.89. The molecule has 134 valence electrons. The summed E-state index contributed by atoms with van der Waals surface area (Å²) in [7, 11) is 0. The van der Waals surface area contributed by atoms with E-state index in [4.69, 9.17) is 4.74 Å². The SMILES string of the molecule is CC(NC(=O)N1CCC(c2c[nH]c3ccccc23)CC1)C1CCCO1. The first-order chi connectivity index (χ1) is 12.2. The number of fused-ring (bicyclic) bond motifs is 1. The number of hydrogen-bond acceptors (Lipinski definition) is 2. The molecule has 5 nitrogen and oxygen atoms in total. The van der Waals surface area contributed by atoms with Gasteiger partial charge in [-0.15, -0.1) is 0 Å². The molecular formula is C20H27N3O2. The molecule has 2 aliphatic heterocycles. The molecule has 0 saturated carbocycles. The minimum atomic E-state index is 0.0559. The Bertz CT molecular complexity index is 727. The summed E-state index contributed by atoms with van der Waals surface area (Å²) < 4.78 is 5.67. The Labute approximate surface area is 148 Å². The molecule has 4 rings (SSSR count). The maximum atomic E-state index is 12.5. The molecule has 2 unspecified atom stereocenters. The Hall–Kier alpha value is -2.01. The topological polar surface area (TPSA) is 57.4 Å². The van der Waals surface area contributed by atoms with Gasteiger partial charge < -0.3 is 19.9 Å². The first-order valence-electron chi connectivity index (χ1n) is 9.45. The fraction of sp³-hybridized carbons (Fsp3) is 0.550. The molecule has 0 radical (unpaired) electrons. The number of nitrogens with one attached hydrogen (secondary N) is 2. The lowest BCUT2D eigenvalue weighted by Gasteiger charge is -2.33. The molecule has 5 heteroatoms. The predicted molar refractivity (Wildman–Crippen MR) is 98.8 cm³/mol. The normalized spacial score (nSPS) is 23.1. The number of amides is 2. The number of likely N-dealkylation sites (tertiary alicyclic amines) is 1. The highest BCUT2D eigenvalue weighted by Gasteiger charge is 2.28. The summed E-state index contributed by atoms with van der Waals surface area (Å²) in [6.07, 6.45) is 6.50. The van der Waals surface area contributed by atoms with E-state index in [-0.39, 0.29) is 18.2 Å². The van der Waals surface area contributed by atoms with Gasteiger partial charge in [0.25, 0.3) is 0 Å². The van der Waals surface area contributed by atoms with Crippen LogP contribution in [-0.2, 0) is 4.74 Å². The molecule has 2 fully saturated rings. The van der Waals surface area contributed by atoms with Gasteiger partial charge in [-0.25, -0.2) is 4.79 Å². The third kappa shape index (κ3) is 3.38. The second-order valence-corrected chi connectivity index (χ2v) is 7.34. The lowest BCUT2D eigenvalue weighted by Crippen LogP contribution is -2.49. The third-order valence-electron chi connectivity index (χ3n) is 5.72. The summed E-state index contributed by atoms with van der Waals surface area (Å²) in [6, 6.07) is 8.60. The number of nitrogens with zero attached hydrogens (tertiary/aromatic N) is 1. The smallest absolute Gasteiger partial charge is 0.317 e. The molecule has 0 bridgehead atoms. The van der Waals surface area contributed by atoms with Crippen molar-refractivity contribution in [2.45, 2.75) is 50.7 Å². The van der Waals surface area contributed by atoms with Crippen molar-refractivity contribution in [1.82, 2.24) is 15.2 Å². The minimum Gasteiger partial charge on any atom is -0.376 e. The molecule has 2 aliphatic rings. The van der Waals surface area contributed by atoms with Crippen molar-refractivity contribution < 1.29 is 9.53 Å². The highest BCUT2D eigenvalue weighted by Crippen LogP contribution is 2.33. The monoisotopic (exact) mass is 341 g/mol. The number of carbonyl (C=O) groups is 1. The van der Waals surface area contributed by atoms with Gasteiger partial charge >= 0.3 is 6.03 Å². The number of aromatic nitrogens is 1. The molecule has 0 spiro atoms. The number of rotatable bonds is 3. The van der Waals surface area contributed by atoms with Crippen LogP contribution in [0, 0.1) is 0 Å². The van der Waals surface area contributed by atoms with E-state index in [1.165, 1.54) is 16.5 Å². The van der Waals surface area contributed by atoms with E-state index in [1.807, 2.05) is 11.8 Å². The summed E-state index contributed by atoms with van der Waals surface area (Å²) in [5.74, 6) is 0.524. The second-order valence-electron chi connectivity index (χ2n) is 7.34. The standard InChI is InChI=1S/C20H27N3O2/c1-14(19-7-4-12-25-19)22-20(24)23-10-8-15(9-11-23)17-13-21-18-6-3-2-5-16(17)18/h2-3,5-6,13-15,19,21H,4,7-12H2,1H3,(H,22,24). The van der Waals surface area contributed by atoms with E-state index < -0.39 is 0 Å². The van der Waals surface area contributed by atoms with Crippen molar-refractivity contribution in [3.8, 4) is 0 Å². The van der Waals surface area contributed by atoms with Crippen molar-refractivity contribution in [1.29, 1.82) is 0 Å². The highest BCUT2D eigenvalue weighted by molar-refractivity contribution is 5.83. The third-order valence-corrected chi connectivity index (χ3v) is 5.72. The average Bonchev–Trinajstić information content (AvgIpc) is 3.32. The molecule has 3 heterocycles. The quantitative estimate of drug-likeness (QED) is 0.896. The van der Waals surface area contributed by atoms with Gasteiger partial charge in [0, 0.05) is 36.8 Å². The first kappa shape index (κ1) is 16.5. The van der Waals surface area contributed by atoms with E-state index in [2.05, 4.69) is 40.8 Å². The van der Waals surface area contributed by atoms with Crippen molar-refractivity contribution in [3.63, 3.8) is 0 Å². The molecule has 2 aromatic rings. The van der Waals surface area contributed by atoms with E-state index in [1.54, 1.807) is 0 Å². The van der Waals surface area contributed by atoms with Gasteiger partial charge in [-0.3, -0.25) is 0 Å². The van der Waals surface area contributed by atoms with E-state index in [0.717, 1.165) is 45.4 Å². The molecule has 0 aliphatic carbocycles. The Kier molecular flexibility index (Phi) is 4.66. The fourth-order valence-electron chi connectivity index (χ4n) is 4.20. The van der Waals surface area contributed by atoms with E-state index >= 15 is 0 Å². The van der Waals surface area contributed by atoms with Gasteiger partial charge in [0.2, 0.25) is 0 Å². The summed E-state index contributed by atoms with van der Waals surface area (Å²) >= 11 is 0. The number of hydrogen-bond donors (Lipinski definition) is 2. The lowest BCUT2D eigenvalue weighted by molar-refractivity contribution is 0.0824. The van der Waals surface area contributed by atoms with Gasteiger partial charge in [-0.1, -0.05) is 18.2 Å². The maximum absolute atomic E-state index is 12.5. The second kappa shape index (κ2) is 7.08. The zero-order valence-corrected chi connectivity index (χ0v) is 14.8. The van der Waals surface area contributed by atoms with Crippen LogP contribution in [-0.4, -0.2) is 47.8 Å². The Morgan fingerprint density at radius 3 is 2.84 bits per heavy atom. The van der Waals surface area contributed by atoms with Crippen LogP contribution in [0.4, 0.5) is 4.79 Å². The van der Waals surface area contributed by atoms with Gasteiger partial charge in [0.05, 0.1) is 12.1 Å². The minimum absolute atomic E-state index is 0.0559. The average molecular weight is 341 g/mol. The first-order valence-corrected chi connectivity index (χ1v) is 9.45. The van der Waals surface area contributed by atoms with Crippen LogP contribution in [0.5, 0.6) is 0 Å². The fourth-order valence-corrected chi connectivity index (χ4v) is 4.20. The van der Waals surface area contributed by atoms with Crippen molar-refractivity contribution in [2.24, 2.45) is 0 Å². The molecule has 1 aromatic carbocycles. The maximum Gasteiger partial charge on any atom is 0.317 e. The Morgan fingerprint density at radius 1 is 1.28 bits per heavy atom. The van der Waals surface area contributed by atoms with Crippen LogP contribution in [0.3, 0.4) is 0 Å². The number of ether oxygens (including phenoxy) is 1.